The molecule has 0 aliphatic rings. The lowest BCUT2D eigenvalue weighted by molar-refractivity contribution is -0.255. The molecule has 0 aromatic heterocycles. The van der Waals surface area contributed by atoms with Gasteiger partial charge >= 0.3 is 0 Å². The van der Waals surface area contributed by atoms with E-state index in [0.29, 0.717) is 11.4 Å². The van der Waals surface area contributed by atoms with E-state index in [-0.39, 0.29) is 5.82 Å². The van der Waals surface area contributed by atoms with Crippen LogP contribution in [0.5, 0.6) is 0 Å². The van der Waals surface area contributed by atoms with Crippen LogP contribution in [-0.4, -0.2) is 20.0 Å². The van der Waals surface area contributed by atoms with Crippen molar-refractivity contribution in [2.75, 3.05) is 24.9 Å². The Morgan fingerprint density at radius 3 is 2.43 bits per heavy atom. The van der Waals surface area contributed by atoms with E-state index in [1.165, 1.54) is 12.4 Å². The third kappa shape index (κ3) is 3.52. The molecule has 0 saturated carbocycles. The second-order valence-corrected chi connectivity index (χ2v) is 2.80. The molecule has 0 aliphatic carbocycles. The normalized spacial score (nSPS) is 9.00. The summed E-state index contributed by atoms with van der Waals surface area (Å²) in [6.07, 6.45) is 1.47. The monoisotopic (exact) mass is 219 g/mol. The number of nitrogens with zero attached hydrogens (tertiary/aromatic N) is 1. The van der Waals surface area contributed by atoms with Gasteiger partial charge in [-0.2, -0.15) is 0 Å². The quantitative estimate of drug-likeness (QED) is 0.758. The van der Waals surface area contributed by atoms with Gasteiger partial charge in [0.05, 0.1) is 5.69 Å². The predicted octanol–water partition coefficient (Wildman–Crippen LogP) is 2.01. The molecule has 1 aromatic carbocycles. The molecule has 0 heterocycles. The molecule has 2 nitrogen and oxygen atoms in total. The van der Waals surface area contributed by atoms with Crippen molar-refractivity contribution in [1.29, 1.82) is 0 Å². The van der Waals surface area contributed by atoms with Gasteiger partial charge in [-0.25, -0.2) is 4.39 Å². The van der Waals surface area contributed by atoms with E-state index in [4.69, 9.17) is 0 Å². The van der Waals surface area contributed by atoms with Crippen LogP contribution in [0, 0.1) is 5.82 Å². The van der Waals surface area contributed by atoms with Gasteiger partial charge in [0.15, 0.2) is 5.82 Å². The van der Waals surface area contributed by atoms with Gasteiger partial charge in [-0.1, -0.05) is 0 Å². The van der Waals surface area contributed by atoms with Gasteiger partial charge in [0.2, 0.25) is 0 Å². The average Bonchev–Trinajstić information content (AvgIpc) is 2.20. The number of hydrogen-bond acceptors (Lipinski definition) is 1. The lowest BCUT2D eigenvalue weighted by Crippen LogP contribution is -2.40. The van der Waals surface area contributed by atoms with E-state index >= 15 is 0 Å². The summed E-state index contributed by atoms with van der Waals surface area (Å²) in [5.74, 6) is -0.202. The van der Waals surface area contributed by atoms with Gasteiger partial charge in [-0.3, -0.25) is 0 Å². The average molecular weight is 220 g/mol. The van der Waals surface area contributed by atoms with Gasteiger partial charge in [0.25, 0.3) is 0 Å². The number of benzene rings is 1. The van der Waals surface area contributed by atoms with Gasteiger partial charge < -0.3 is 10.6 Å². The molecule has 4 heteroatoms. The molecule has 0 spiro atoms. The van der Waals surface area contributed by atoms with Crippen molar-refractivity contribution in [3.8, 4) is 0 Å². The Morgan fingerprint density at radius 2 is 2.00 bits per heavy atom. The number of alkyl halides is 1. The largest absolute Gasteiger partial charge is 0.373 e. The fourth-order valence-corrected chi connectivity index (χ4v) is 1.03. The summed E-state index contributed by atoms with van der Waals surface area (Å²) in [7, 11) is 1.86. The minimum absolute atomic E-state index is 0.202. The van der Waals surface area contributed by atoms with E-state index < -0.39 is 0 Å². The van der Waals surface area contributed by atoms with Crippen LogP contribution in [0.4, 0.5) is 15.8 Å². The second-order valence-electron chi connectivity index (χ2n) is 2.80. The highest BCUT2D eigenvalue weighted by atomic mass is 35.5. The first-order valence-corrected chi connectivity index (χ1v) is 5.11. The summed E-state index contributed by atoms with van der Waals surface area (Å²) in [6.45, 7) is 2.78. The molecule has 0 unspecified atom stereocenters. The Morgan fingerprint density at radius 1 is 1.43 bits per heavy atom. The first-order valence-electron chi connectivity index (χ1n) is 4.35. The Balaban J connectivity index is 0.000000791. The first-order chi connectivity index (χ1) is 6.65. The van der Waals surface area contributed by atoms with Crippen molar-refractivity contribution in [3.63, 3.8) is 0 Å². The van der Waals surface area contributed by atoms with E-state index in [0.717, 1.165) is 6.54 Å². The molecule has 0 amide bonds. The van der Waals surface area contributed by atoms with Gasteiger partial charge in [-0.05, 0) is 13.0 Å². The van der Waals surface area contributed by atoms with E-state index in [1.54, 1.807) is 6.07 Å². The minimum atomic E-state index is -0.202. The number of quaternary nitrogens is 1. The Bertz CT molecular complexity index is 279. The van der Waals surface area contributed by atoms with Crippen LogP contribution in [-0.2, 0) is 0 Å². The van der Waals surface area contributed by atoms with Gasteiger partial charge in [0, 0.05) is 32.1 Å². The highest BCUT2D eigenvalue weighted by Gasteiger charge is 2.06. The predicted molar refractivity (Wildman–Crippen MR) is 59.7 cm³/mol. The molecule has 0 aliphatic heterocycles. The third-order valence-electron chi connectivity index (χ3n) is 1.90. The standard InChI is InChI=1S/C9H13FN2.CH3Cl/c1-3-12(2)9-5-4-7(11)6-8(9)10;1-2/h4-6H,3,11H2,1-2H3;1H3/p+1. The summed E-state index contributed by atoms with van der Waals surface area (Å²) in [5.41, 5.74) is 4.99. The van der Waals surface area contributed by atoms with Crippen LogP contribution in [0.1, 0.15) is 6.92 Å². The van der Waals surface area contributed by atoms with Crippen molar-refractivity contribution < 1.29 is 10.1 Å². The van der Waals surface area contributed by atoms with Crippen LogP contribution in [0.25, 0.3) is 0 Å². The number of anilines is 1. The van der Waals surface area contributed by atoms with Crippen molar-refractivity contribution >= 4 is 23.0 Å². The van der Waals surface area contributed by atoms with Gasteiger partial charge in [0.1, 0.15) is 5.69 Å². The zero-order valence-electron chi connectivity index (χ0n) is 8.85. The zero-order valence-corrected chi connectivity index (χ0v) is 9.61. The van der Waals surface area contributed by atoms with Crippen molar-refractivity contribution in [2.24, 2.45) is 0 Å². The number of rotatable bonds is 2. The maximum atomic E-state index is 13.2. The second kappa shape index (κ2) is 6.62. The molecule has 80 valence electrons. The fourth-order valence-electron chi connectivity index (χ4n) is 1.03. The van der Waals surface area contributed by atoms with E-state index in [9.17, 15) is 4.39 Å². The third-order valence-corrected chi connectivity index (χ3v) is 1.90. The van der Waals surface area contributed by atoms with Crippen molar-refractivity contribution in [1.82, 2.24) is 0 Å². The zero-order chi connectivity index (χ0) is 11.1. The summed E-state index contributed by atoms with van der Waals surface area (Å²) in [5, 5.41) is 0. The highest BCUT2D eigenvalue weighted by molar-refractivity contribution is 6.15. The van der Waals surface area contributed by atoms with Crippen LogP contribution < -0.4 is 10.6 Å². The lowest BCUT2D eigenvalue weighted by atomic mass is 10.2. The maximum Gasteiger partial charge on any atom is 0.152 e. The minimum Gasteiger partial charge on any atom is -0.373 e. The highest BCUT2D eigenvalue weighted by Crippen LogP contribution is 2.19. The molecule has 3 N–H and O–H groups in total. The smallest absolute Gasteiger partial charge is 0.152 e. The maximum absolute atomic E-state index is 13.2. The molecule has 0 atom stereocenters. The molecule has 1 aromatic rings. The van der Waals surface area contributed by atoms with E-state index in [2.05, 4.69) is 17.3 Å². The fraction of sp³-hybridized carbons (Fsp3) is 0.400. The Hall–Kier alpha value is -0.800. The molecule has 0 saturated heterocycles. The van der Waals surface area contributed by atoms with Crippen molar-refractivity contribution in [3.05, 3.63) is 24.0 Å². The van der Waals surface area contributed by atoms with Crippen LogP contribution in [0.15, 0.2) is 18.2 Å². The number of hydrogen-bond donors (Lipinski definition) is 1. The molecule has 14 heavy (non-hydrogen) atoms. The molecular formula is C10H17ClFN2+. The SMILES string of the molecule is CCN(C)c1ccc([NH3+])cc1F.CCl. The summed E-state index contributed by atoms with van der Waals surface area (Å²) in [4.78, 5) is 1.86. The Kier molecular flexibility index (Phi) is 6.25. The summed E-state index contributed by atoms with van der Waals surface area (Å²) < 4.78 is 13.2. The van der Waals surface area contributed by atoms with Crippen LogP contribution >= 0.6 is 11.6 Å². The summed E-state index contributed by atoms with van der Waals surface area (Å²) in [6, 6.07) is 5.01. The summed E-state index contributed by atoms with van der Waals surface area (Å²) >= 11 is 4.64. The number of halogens is 2. The molecule has 0 bridgehead atoms. The van der Waals surface area contributed by atoms with Gasteiger partial charge in [-0.15, -0.1) is 11.6 Å². The van der Waals surface area contributed by atoms with Crippen LogP contribution in [0.2, 0.25) is 0 Å². The molecule has 0 fully saturated rings. The molecule has 0 radical (unpaired) electrons. The molecule has 1 rings (SSSR count). The Labute approximate surface area is 89.5 Å². The van der Waals surface area contributed by atoms with Crippen LogP contribution in [0.3, 0.4) is 0 Å². The topological polar surface area (TPSA) is 30.9 Å². The molecular weight excluding hydrogens is 203 g/mol. The van der Waals surface area contributed by atoms with Crippen molar-refractivity contribution in [2.45, 2.75) is 6.92 Å². The first kappa shape index (κ1) is 13.2. The lowest BCUT2D eigenvalue weighted by Gasteiger charge is -2.16. The van der Waals surface area contributed by atoms with E-state index in [1.807, 2.05) is 24.9 Å².